The van der Waals surface area contributed by atoms with Crippen molar-refractivity contribution in [2.45, 2.75) is 74.7 Å². The van der Waals surface area contributed by atoms with Crippen LogP contribution < -0.4 is 0 Å². The smallest absolute Gasteiger partial charge is 0.161 e. The quantitative estimate of drug-likeness (QED) is 0.574. The van der Waals surface area contributed by atoms with Gasteiger partial charge in [-0.25, -0.2) is 0 Å². The molecule has 6 rings (SSSR count). The topological polar surface area (TPSA) is 101 Å². The number of benzene rings is 1. The summed E-state index contributed by atoms with van der Waals surface area (Å²) in [7, 11) is 0. The number of Topliss-reactive ketones (excluding diaryl/α,β-unsaturated/α-hetero) is 1. The van der Waals surface area contributed by atoms with Crippen molar-refractivity contribution in [3.8, 4) is 11.5 Å². The number of aliphatic hydroxyl groups is 2. The van der Waals surface area contributed by atoms with E-state index < -0.39 is 16.7 Å². The van der Waals surface area contributed by atoms with E-state index in [1.807, 2.05) is 6.92 Å². The molecule has 1 aromatic rings. The van der Waals surface area contributed by atoms with E-state index in [0.29, 0.717) is 44.2 Å². The number of rotatable bonds is 2. The second-order valence-electron chi connectivity index (χ2n) is 9.91. The van der Waals surface area contributed by atoms with Crippen LogP contribution in [0.25, 0.3) is 0 Å². The first-order valence-electron chi connectivity index (χ1n) is 10.5. The van der Waals surface area contributed by atoms with Crippen molar-refractivity contribution in [2.24, 2.45) is 11.8 Å². The number of ketones is 1. The van der Waals surface area contributed by atoms with Crippen LogP contribution in [0.15, 0.2) is 6.07 Å². The van der Waals surface area contributed by atoms with Crippen molar-refractivity contribution in [3.05, 3.63) is 22.8 Å². The highest BCUT2D eigenvalue weighted by molar-refractivity contribution is 5.88. The van der Waals surface area contributed by atoms with Crippen LogP contribution in [-0.4, -0.2) is 55.0 Å². The Morgan fingerprint density at radius 2 is 1.96 bits per heavy atom. The molecule has 2 bridgehead atoms. The lowest BCUT2D eigenvalue weighted by atomic mass is 9.47. The summed E-state index contributed by atoms with van der Waals surface area (Å²) in [6, 6.07) is 1.31. The second kappa shape index (κ2) is 4.91. The van der Waals surface area contributed by atoms with Crippen LogP contribution in [0, 0.1) is 11.8 Å². The second-order valence-corrected chi connectivity index (χ2v) is 9.91. The predicted molar refractivity (Wildman–Crippen MR) is 100.0 cm³/mol. The van der Waals surface area contributed by atoms with Gasteiger partial charge in [-0.05, 0) is 62.6 Å². The first-order valence-corrected chi connectivity index (χ1v) is 10.5. The molecule has 1 saturated heterocycles. The average molecular weight is 385 g/mol. The molecule has 5 atom stereocenters. The first-order chi connectivity index (χ1) is 13.2. The number of likely N-dealkylation sites (tertiary alicyclic amines) is 1. The molecular weight excluding hydrogens is 358 g/mol. The van der Waals surface area contributed by atoms with Crippen molar-refractivity contribution in [2.75, 3.05) is 6.54 Å². The summed E-state index contributed by atoms with van der Waals surface area (Å²) < 4.78 is 0. The van der Waals surface area contributed by atoms with Crippen LogP contribution in [0.2, 0.25) is 0 Å². The Morgan fingerprint density at radius 3 is 2.68 bits per heavy atom. The van der Waals surface area contributed by atoms with E-state index in [0.717, 1.165) is 24.0 Å². The number of piperidine rings is 1. The van der Waals surface area contributed by atoms with Crippen molar-refractivity contribution in [1.82, 2.24) is 4.90 Å². The van der Waals surface area contributed by atoms with Gasteiger partial charge in [0.05, 0.1) is 5.60 Å². The molecule has 6 nitrogen and oxygen atoms in total. The maximum Gasteiger partial charge on any atom is 0.161 e. The van der Waals surface area contributed by atoms with Crippen LogP contribution in [0.5, 0.6) is 11.5 Å². The number of phenolic OH excluding ortho intramolecular Hbond substituents is 2. The molecular formula is C22H27NO5. The zero-order valence-corrected chi connectivity index (χ0v) is 16.1. The molecule has 150 valence electrons. The summed E-state index contributed by atoms with van der Waals surface area (Å²) in [4.78, 5) is 15.0. The van der Waals surface area contributed by atoms with Crippen LogP contribution in [0.3, 0.4) is 0 Å². The van der Waals surface area contributed by atoms with Crippen molar-refractivity contribution >= 4 is 5.78 Å². The van der Waals surface area contributed by atoms with Crippen LogP contribution in [0.4, 0.5) is 0 Å². The van der Waals surface area contributed by atoms with Gasteiger partial charge in [-0.3, -0.25) is 9.69 Å². The minimum absolute atomic E-state index is 0.136. The monoisotopic (exact) mass is 385 g/mol. The Labute approximate surface area is 163 Å². The Morgan fingerprint density at radius 1 is 1.21 bits per heavy atom. The van der Waals surface area contributed by atoms with Gasteiger partial charge in [0, 0.05) is 41.8 Å². The third-order valence-corrected chi connectivity index (χ3v) is 8.85. The largest absolute Gasteiger partial charge is 0.504 e. The minimum Gasteiger partial charge on any atom is -0.504 e. The summed E-state index contributed by atoms with van der Waals surface area (Å²) in [5.74, 6) is -0.277. The number of carbonyl (C=O) groups is 1. The van der Waals surface area contributed by atoms with E-state index in [4.69, 9.17) is 0 Å². The van der Waals surface area contributed by atoms with Gasteiger partial charge in [-0.15, -0.1) is 0 Å². The first kappa shape index (κ1) is 17.2. The molecule has 0 aromatic heterocycles. The lowest BCUT2D eigenvalue weighted by molar-refractivity contribution is -0.236. The van der Waals surface area contributed by atoms with Gasteiger partial charge in [0.2, 0.25) is 0 Å². The normalized spacial score (nSPS) is 40.9. The fraction of sp³-hybridized carbons (Fsp3) is 0.682. The van der Waals surface area contributed by atoms with Gasteiger partial charge in [-0.1, -0.05) is 0 Å². The van der Waals surface area contributed by atoms with Gasteiger partial charge in [0.15, 0.2) is 11.5 Å². The Hall–Kier alpha value is -1.63. The molecule has 28 heavy (non-hydrogen) atoms. The summed E-state index contributed by atoms with van der Waals surface area (Å²) in [5, 5.41) is 44.3. The van der Waals surface area contributed by atoms with Crippen LogP contribution in [0.1, 0.15) is 55.7 Å². The molecule has 1 unspecified atom stereocenters. The van der Waals surface area contributed by atoms with E-state index in [1.54, 1.807) is 6.07 Å². The zero-order valence-electron chi connectivity index (χ0n) is 16.1. The highest BCUT2D eigenvalue weighted by Crippen LogP contribution is 2.66. The molecule has 0 amide bonds. The lowest BCUT2D eigenvalue weighted by Crippen LogP contribution is -2.77. The summed E-state index contributed by atoms with van der Waals surface area (Å²) in [6.07, 6.45) is 4.20. The van der Waals surface area contributed by atoms with E-state index in [1.165, 1.54) is 0 Å². The third kappa shape index (κ3) is 1.70. The number of hydrogen-bond acceptors (Lipinski definition) is 6. The van der Waals surface area contributed by atoms with Gasteiger partial charge in [-0.2, -0.15) is 0 Å². The highest BCUT2D eigenvalue weighted by Gasteiger charge is 2.72. The Balaban J connectivity index is 1.60. The molecule has 1 spiro atoms. The summed E-state index contributed by atoms with van der Waals surface area (Å²) in [5.41, 5.74) is -0.327. The van der Waals surface area contributed by atoms with E-state index in [2.05, 4.69) is 4.90 Å². The van der Waals surface area contributed by atoms with Gasteiger partial charge in [0.1, 0.15) is 11.5 Å². The molecule has 6 heteroatoms. The van der Waals surface area contributed by atoms with Crippen molar-refractivity contribution < 1.29 is 25.2 Å². The fourth-order valence-electron chi connectivity index (χ4n) is 7.44. The lowest BCUT2D eigenvalue weighted by Gasteiger charge is -2.65. The Bertz CT molecular complexity index is 922. The van der Waals surface area contributed by atoms with E-state index in [9.17, 15) is 25.2 Å². The Kier molecular flexibility index (Phi) is 3.03. The van der Waals surface area contributed by atoms with Crippen molar-refractivity contribution in [3.63, 3.8) is 0 Å². The third-order valence-electron chi connectivity index (χ3n) is 8.85. The van der Waals surface area contributed by atoms with Gasteiger partial charge in [0.25, 0.3) is 0 Å². The van der Waals surface area contributed by atoms with Crippen molar-refractivity contribution in [1.29, 1.82) is 0 Å². The molecule has 5 aliphatic rings. The predicted octanol–water partition coefficient (Wildman–Crippen LogP) is 1.35. The summed E-state index contributed by atoms with van der Waals surface area (Å²) in [6.45, 7) is 2.49. The summed E-state index contributed by atoms with van der Waals surface area (Å²) >= 11 is 0. The minimum atomic E-state index is -1.11. The van der Waals surface area contributed by atoms with Crippen LogP contribution >= 0.6 is 0 Å². The molecule has 1 aliphatic heterocycles. The molecule has 1 heterocycles. The highest BCUT2D eigenvalue weighted by atomic mass is 16.3. The molecule has 0 radical (unpaired) electrons. The number of hydrogen-bond donors (Lipinski definition) is 4. The SMILES string of the molecule is CC(O)(C1CC1)N1CC[C@]23c4c5cc(O)c(O)c4C[C@H]2C(=O)CC[C@@]3(O)[C@H]1C5. The van der Waals surface area contributed by atoms with E-state index in [-0.39, 0.29) is 35.2 Å². The molecule has 2 saturated carbocycles. The molecule has 4 N–H and O–H groups in total. The standard InChI is InChI=1S/C22H27NO5/c1-20(27,12-2-3-12)23-7-6-21-14-10-13-18(21)11(8-16(25)19(13)26)9-17(23)22(21,28)5-4-15(14)24/h8,12,14,17,25-28H,2-7,9-10H2,1H3/t14-,17+,20?,21+,22+/m0/s1. The maximum absolute atomic E-state index is 12.9. The van der Waals surface area contributed by atoms with Gasteiger partial charge >= 0.3 is 0 Å². The fourth-order valence-corrected chi connectivity index (χ4v) is 7.44. The molecule has 1 aromatic carbocycles. The van der Waals surface area contributed by atoms with Gasteiger partial charge < -0.3 is 20.4 Å². The molecule has 3 fully saturated rings. The van der Waals surface area contributed by atoms with Crippen LogP contribution in [-0.2, 0) is 23.1 Å². The zero-order chi connectivity index (χ0) is 19.6. The van der Waals surface area contributed by atoms with E-state index >= 15 is 0 Å². The molecule has 4 aliphatic carbocycles. The number of aromatic hydroxyl groups is 2. The average Bonchev–Trinajstić information content (AvgIpc) is 3.42. The maximum atomic E-state index is 12.9. The number of nitrogens with zero attached hydrogens (tertiary/aromatic N) is 1. The number of carbonyl (C=O) groups excluding carboxylic acids is 1. The number of phenols is 2.